The molecule has 1 atom stereocenters. The largest absolute Gasteiger partial charge is 0.497 e. The van der Waals surface area contributed by atoms with Crippen LogP contribution >= 0.6 is 0 Å². The third kappa shape index (κ3) is 4.67. The third-order valence-electron chi connectivity index (χ3n) is 6.48. The van der Waals surface area contributed by atoms with Gasteiger partial charge >= 0.3 is 0 Å². The predicted molar refractivity (Wildman–Crippen MR) is 135 cm³/mol. The number of rotatable bonds is 4. The molecule has 0 spiro atoms. The minimum Gasteiger partial charge on any atom is -0.497 e. The zero-order valence-corrected chi connectivity index (χ0v) is 20.2. The normalized spacial score (nSPS) is 16.9. The predicted octanol–water partition coefficient (Wildman–Crippen LogP) is 4.66. The molecule has 3 aromatic carbocycles. The molecule has 0 N–H and O–H groups in total. The number of fused-ring (bicyclic) bond motifs is 2. The lowest BCUT2D eigenvalue weighted by Gasteiger charge is -2.41. The second-order valence-corrected chi connectivity index (χ2v) is 8.78. The third-order valence-corrected chi connectivity index (χ3v) is 6.48. The monoisotopic (exact) mass is 471 g/mol. The summed E-state index contributed by atoms with van der Waals surface area (Å²) in [5.74, 6) is 3.90. The number of amidine groups is 1. The summed E-state index contributed by atoms with van der Waals surface area (Å²) >= 11 is 0. The fourth-order valence-corrected chi connectivity index (χ4v) is 4.65. The van der Waals surface area contributed by atoms with Crippen LogP contribution in [0.1, 0.15) is 18.1 Å². The van der Waals surface area contributed by atoms with Gasteiger partial charge in [-0.15, -0.1) is 0 Å². The van der Waals surface area contributed by atoms with E-state index < -0.39 is 0 Å². The van der Waals surface area contributed by atoms with E-state index in [2.05, 4.69) is 11.8 Å². The first-order valence-electron chi connectivity index (χ1n) is 11.8. The van der Waals surface area contributed by atoms with Gasteiger partial charge in [0.25, 0.3) is 0 Å². The van der Waals surface area contributed by atoms with Gasteiger partial charge in [0.1, 0.15) is 28.8 Å². The molecule has 35 heavy (non-hydrogen) atoms. The Morgan fingerprint density at radius 3 is 2.57 bits per heavy atom. The van der Waals surface area contributed by atoms with Gasteiger partial charge in [0.05, 0.1) is 26.2 Å². The zero-order chi connectivity index (χ0) is 24.4. The highest BCUT2D eigenvalue weighted by Gasteiger charge is 2.31. The van der Waals surface area contributed by atoms with Crippen LogP contribution in [-0.2, 0) is 11.2 Å². The number of amides is 1. The van der Waals surface area contributed by atoms with Crippen LogP contribution in [0.2, 0.25) is 0 Å². The van der Waals surface area contributed by atoms with Gasteiger partial charge in [-0.3, -0.25) is 4.79 Å². The van der Waals surface area contributed by atoms with Gasteiger partial charge in [-0.1, -0.05) is 24.3 Å². The Balaban J connectivity index is 1.39. The number of aliphatic imine (C=N–C) groups is 1. The number of piperazine rings is 1. The molecule has 5 rings (SSSR count). The molecule has 0 radical (unpaired) electrons. The van der Waals surface area contributed by atoms with Crippen molar-refractivity contribution in [1.82, 2.24) is 9.80 Å². The van der Waals surface area contributed by atoms with E-state index in [4.69, 9.17) is 19.2 Å². The topological polar surface area (TPSA) is 63.6 Å². The Morgan fingerprint density at radius 1 is 0.971 bits per heavy atom. The van der Waals surface area contributed by atoms with Gasteiger partial charge in [0.2, 0.25) is 5.91 Å². The Bertz CT molecular complexity index is 1270. The lowest BCUT2D eigenvalue weighted by molar-refractivity contribution is -0.134. The summed E-state index contributed by atoms with van der Waals surface area (Å²) in [6.07, 6.45) is 0.351. The van der Waals surface area contributed by atoms with E-state index in [1.165, 1.54) is 0 Å². The first kappa shape index (κ1) is 22.8. The highest BCUT2D eigenvalue weighted by Crippen LogP contribution is 2.39. The SMILES string of the molecule is COc1cccc(CC(=O)N2CCN(C3=Nc4ccccc4Oc4ccc(OC)cc43)C[C@H]2C)c1. The van der Waals surface area contributed by atoms with Crippen molar-refractivity contribution in [3.05, 3.63) is 77.9 Å². The quantitative estimate of drug-likeness (QED) is 0.554. The number of methoxy groups -OCH3 is 2. The highest BCUT2D eigenvalue weighted by atomic mass is 16.5. The van der Waals surface area contributed by atoms with Gasteiger partial charge in [-0.2, -0.15) is 0 Å². The fourth-order valence-electron chi connectivity index (χ4n) is 4.65. The van der Waals surface area contributed by atoms with E-state index in [1.807, 2.05) is 71.6 Å². The van der Waals surface area contributed by atoms with E-state index in [0.29, 0.717) is 31.8 Å². The number of para-hydroxylation sites is 2. The van der Waals surface area contributed by atoms with Crippen LogP contribution in [0.3, 0.4) is 0 Å². The van der Waals surface area contributed by atoms with Gasteiger partial charge in [-0.05, 0) is 55.0 Å². The molecule has 1 amide bonds. The molecule has 180 valence electrons. The first-order valence-corrected chi connectivity index (χ1v) is 11.8. The van der Waals surface area contributed by atoms with Crippen LogP contribution < -0.4 is 14.2 Å². The minimum absolute atomic E-state index is 0.0260. The zero-order valence-electron chi connectivity index (χ0n) is 20.2. The lowest BCUT2D eigenvalue weighted by Crippen LogP contribution is -2.55. The van der Waals surface area contributed by atoms with Crippen molar-refractivity contribution in [1.29, 1.82) is 0 Å². The molecular formula is C28H29N3O4. The summed E-state index contributed by atoms with van der Waals surface area (Å²) in [5, 5.41) is 0. The molecule has 0 aliphatic carbocycles. The van der Waals surface area contributed by atoms with Crippen LogP contribution in [0.25, 0.3) is 0 Å². The molecule has 0 saturated carbocycles. The van der Waals surface area contributed by atoms with Crippen molar-refractivity contribution in [2.45, 2.75) is 19.4 Å². The number of ether oxygens (including phenoxy) is 3. The minimum atomic E-state index is 0.0260. The highest BCUT2D eigenvalue weighted by molar-refractivity contribution is 6.04. The first-order chi connectivity index (χ1) is 17.1. The summed E-state index contributed by atoms with van der Waals surface area (Å²) in [5.41, 5.74) is 2.61. The number of hydrogen-bond donors (Lipinski definition) is 0. The molecule has 2 heterocycles. The number of carbonyl (C=O) groups excluding carboxylic acids is 1. The molecular weight excluding hydrogens is 442 g/mol. The molecule has 0 unspecified atom stereocenters. The lowest BCUT2D eigenvalue weighted by atomic mass is 10.1. The number of nitrogens with zero attached hydrogens (tertiary/aromatic N) is 3. The molecule has 2 aliphatic heterocycles. The number of benzene rings is 3. The molecule has 7 heteroatoms. The van der Waals surface area contributed by atoms with Crippen molar-refractivity contribution in [3.63, 3.8) is 0 Å². The maximum absolute atomic E-state index is 13.2. The Morgan fingerprint density at radius 2 is 1.77 bits per heavy atom. The Kier molecular flexibility index (Phi) is 6.31. The molecule has 3 aromatic rings. The van der Waals surface area contributed by atoms with E-state index in [9.17, 15) is 4.79 Å². The van der Waals surface area contributed by atoms with Crippen LogP contribution in [-0.4, -0.2) is 61.4 Å². The standard InChI is InChI=1S/C28H29N3O4/c1-19-18-30(13-14-31(19)27(32)16-20-7-6-8-21(15-20)33-2)28-23-17-22(34-3)11-12-25(23)35-26-10-5-4-9-24(26)29-28/h4-12,15,17,19H,13-14,16,18H2,1-3H3/t19-/m1/s1. The average Bonchev–Trinajstić information content (AvgIpc) is 3.05. The Labute approximate surface area is 205 Å². The molecule has 0 aromatic heterocycles. The van der Waals surface area contributed by atoms with Crippen LogP contribution in [0.5, 0.6) is 23.0 Å². The van der Waals surface area contributed by atoms with Crippen molar-refractivity contribution in [2.24, 2.45) is 4.99 Å². The number of carbonyl (C=O) groups is 1. The average molecular weight is 472 g/mol. The summed E-state index contributed by atoms with van der Waals surface area (Å²) < 4.78 is 17.0. The van der Waals surface area contributed by atoms with Crippen molar-refractivity contribution in [2.75, 3.05) is 33.9 Å². The summed E-state index contributed by atoms with van der Waals surface area (Å²) in [6.45, 7) is 4.04. The summed E-state index contributed by atoms with van der Waals surface area (Å²) in [4.78, 5) is 22.4. The maximum atomic E-state index is 13.2. The molecule has 0 bridgehead atoms. The van der Waals surface area contributed by atoms with Gasteiger partial charge in [-0.25, -0.2) is 4.99 Å². The van der Waals surface area contributed by atoms with Gasteiger partial charge in [0.15, 0.2) is 5.75 Å². The Hall–Kier alpha value is -4.00. The summed E-state index contributed by atoms with van der Waals surface area (Å²) in [7, 11) is 3.29. The van der Waals surface area contributed by atoms with Crippen LogP contribution in [0.15, 0.2) is 71.7 Å². The van der Waals surface area contributed by atoms with Crippen LogP contribution in [0, 0.1) is 0 Å². The second-order valence-electron chi connectivity index (χ2n) is 8.78. The molecule has 7 nitrogen and oxygen atoms in total. The van der Waals surface area contributed by atoms with Crippen molar-refractivity contribution < 1.29 is 19.0 Å². The van der Waals surface area contributed by atoms with Crippen molar-refractivity contribution in [3.8, 4) is 23.0 Å². The van der Waals surface area contributed by atoms with E-state index >= 15 is 0 Å². The van der Waals surface area contributed by atoms with Gasteiger partial charge in [0, 0.05) is 25.7 Å². The smallest absolute Gasteiger partial charge is 0.227 e. The molecule has 1 saturated heterocycles. The van der Waals surface area contributed by atoms with Crippen LogP contribution in [0.4, 0.5) is 5.69 Å². The van der Waals surface area contributed by atoms with E-state index in [0.717, 1.165) is 39.9 Å². The summed E-state index contributed by atoms with van der Waals surface area (Å²) in [6, 6.07) is 21.3. The van der Waals surface area contributed by atoms with Crippen molar-refractivity contribution >= 4 is 17.4 Å². The second kappa shape index (κ2) is 9.70. The molecule has 1 fully saturated rings. The number of hydrogen-bond acceptors (Lipinski definition) is 6. The maximum Gasteiger partial charge on any atom is 0.227 e. The molecule has 2 aliphatic rings. The van der Waals surface area contributed by atoms with E-state index in [1.54, 1.807) is 14.2 Å². The van der Waals surface area contributed by atoms with Gasteiger partial charge < -0.3 is 24.0 Å². The fraction of sp³-hybridized carbons (Fsp3) is 0.286. The van der Waals surface area contributed by atoms with E-state index in [-0.39, 0.29) is 11.9 Å².